The molecule has 0 radical (unpaired) electrons. The van der Waals surface area contributed by atoms with Gasteiger partial charge < -0.3 is 14.2 Å². The summed E-state index contributed by atoms with van der Waals surface area (Å²) in [5.74, 6) is 0.483. The number of hydrogen-bond donors (Lipinski definition) is 0. The molecular weight excluding hydrogens is 220 g/mol. The summed E-state index contributed by atoms with van der Waals surface area (Å²) >= 11 is 0. The minimum Gasteiger partial charge on any atom is -0.485 e. The van der Waals surface area contributed by atoms with Crippen LogP contribution in [0.15, 0.2) is 18.3 Å². The minimum absolute atomic E-state index is 0.101. The van der Waals surface area contributed by atoms with Gasteiger partial charge in [0.2, 0.25) is 0 Å². The maximum atomic E-state index is 8.89. The molecule has 2 atom stereocenters. The lowest BCUT2D eigenvalue weighted by Gasteiger charge is -2.28. The normalized spacial score (nSPS) is 21.5. The second kappa shape index (κ2) is 5.62. The Morgan fingerprint density at radius 2 is 2.47 bits per heavy atom. The third kappa shape index (κ3) is 2.93. The summed E-state index contributed by atoms with van der Waals surface area (Å²) < 4.78 is 16.5. The Balaban J connectivity index is 2.02. The van der Waals surface area contributed by atoms with Crippen molar-refractivity contribution in [3.05, 3.63) is 24.0 Å². The summed E-state index contributed by atoms with van der Waals surface area (Å²) in [5.41, 5.74) is 0.288. The van der Waals surface area contributed by atoms with Gasteiger partial charge in [-0.25, -0.2) is 4.98 Å². The van der Waals surface area contributed by atoms with Crippen molar-refractivity contribution in [3.63, 3.8) is 0 Å². The van der Waals surface area contributed by atoms with Crippen LogP contribution < -0.4 is 4.74 Å². The van der Waals surface area contributed by atoms with Crippen molar-refractivity contribution < 1.29 is 14.2 Å². The highest BCUT2D eigenvalue weighted by atomic mass is 16.6. The van der Waals surface area contributed by atoms with E-state index in [1.54, 1.807) is 18.3 Å². The third-order valence-corrected chi connectivity index (χ3v) is 2.55. The smallest absolute Gasteiger partial charge is 0.182 e. The summed E-state index contributed by atoms with van der Waals surface area (Å²) in [6.45, 7) is 3.62. The van der Waals surface area contributed by atoms with Crippen LogP contribution in [-0.4, -0.2) is 37.0 Å². The molecule has 0 N–H and O–H groups in total. The zero-order valence-corrected chi connectivity index (χ0v) is 9.63. The summed E-state index contributed by atoms with van der Waals surface area (Å²) in [6, 6.07) is 5.46. The van der Waals surface area contributed by atoms with Gasteiger partial charge in [0.1, 0.15) is 18.3 Å². The van der Waals surface area contributed by atoms with Gasteiger partial charge in [-0.05, 0) is 19.1 Å². The van der Waals surface area contributed by atoms with Crippen molar-refractivity contribution in [1.29, 1.82) is 5.26 Å². The molecule has 1 aliphatic heterocycles. The van der Waals surface area contributed by atoms with Crippen LogP contribution in [0, 0.1) is 11.3 Å². The molecule has 0 aliphatic carbocycles. The van der Waals surface area contributed by atoms with Crippen molar-refractivity contribution in [2.24, 2.45) is 0 Å². The molecule has 2 heterocycles. The molecule has 5 nitrogen and oxygen atoms in total. The zero-order chi connectivity index (χ0) is 12.1. The Morgan fingerprint density at radius 1 is 1.59 bits per heavy atom. The first kappa shape index (κ1) is 11.8. The van der Waals surface area contributed by atoms with E-state index in [1.165, 1.54) is 0 Å². The number of nitriles is 1. The first-order valence-corrected chi connectivity index (χ1v) is 5.52. The molecule has 0 saturated carbocycles. The van der Waals surface area contributed by atoms with E-state index in [9.17, 15) is 0 Å². The van der Waals surface area contributed by atoms with Gasteiger partial charge in [0.25, 0.3) is 0 Å². The lowest BCUT2D eigenvalue weighted by atomic mass is 10.2. The van der Waals surface area contributed by atoms with Crippen molar-refractivity contribution >= 4 is 0 Å². The summed E-state index contributed by atoms with van der Waals surface area (Å²) in [4.78, 5) is 3.94. The van der Waals surface area contributed by atoms with E-state index < -0.39 is 0 Å². The van der Waals surface area contributed by atoms with Gasteiger partial charge in [0.05, 0.1) is 19.8 Å². The number of nitrogens with zero attached hydrogens (tertiary/aromatic N) is 2. The molecule has 1 unspecified atom stereocenters. The van der Waals surface area contributed by atoms with Gasteiger partial charge in [0, 0.05) is 6.20 Å². The van der Waals surface area contributed by atoms with Crippen LogP contribution in [0.5, 0.6) is 5.75 Å². The van der Waals surface area contributed by atoms with E-state index in [2.05, 4.69) is 4.98 Å². The lowest BCUT2D eigenvalue weighted by molar-refractivity contribution is -0.122. The van der Waals surface area contributed by atoms with Crippen LogP contribution in [0.1, 0.15) is 12.6 Å². The highest BCUT2D eigenvalue weighted by Gasteiger charge is 2.23. The van der Waals surface area contributed by atoms with E-state index in [-0.39, 0.29) is 17.9 Å². The number of ether oxygens (including phenoxy) is 3. The summed E-state index contributed by atoms with van der Waals surface area (Å²) in [7, 11) is 0. The van der Waals surface area contributed by atoms with E-state index in [4.69, 9.17) is 19.5 Å². The third-order valence-electron chi connectivity index (χ3n) is 2.55. The highest BCUT2D eigenvalue weighted by molar-refractivity contribution is 5.36. The number of rotatable bonds is 3. The summed E-state index contributed by atoms with van der Waals surface area (Å²) in [6.07, 6.45) is 1.29. The topological polar surface area (TPSA) is 64.4 Å². The van der Waals surface area contributed by atoms with Gasteiger partial charge in [0.15, 0.2) is 11.4 Å². The second-order valence-electron chi connectivity index (χ2n) is 3.77. The average Bonchev–Trinajstić information content (AvgIpc) is 2.40. The molecule has 1 aliphatic rings. The Morgan fingerprint density at radius 3 is 3.18 bits per heavy atom. The van der Waals surface area contributed by atoms with E-state index in [1.807, 2.05) is 13.0 Å². The van der Waals surface area contributed by atoms with Gasteiger partial charge in [-0.15, -0.1) is 0 Å². The van der Waals surface area contributed by atoms with Gasteiger partial charge in [-0.2, -0.15) is 5.26 Å². The number of pyridine rings is 1. The van der Waals surface area contributed by atoms with Gasteiger partial charge >= 0.3 is 0 Å². The Labute approximate surface area is 99.9 Å². The van der Waals surface area contributed by atoms with E-state index in [0.29, 0.717) is 25.6 Å². The fraction of sp³-hybridized carbons (Fsp3) is 0.500. The predicted octanol–water partition coefficient (Wildman–Crippen LogP) is 1.14. The van der Waals surface area contributed by atoms with Crippen LogP contribution in [0.2, 0.25) is 0 Å². The fourth-order valence-corrected chi connectivity index (χ4v) is 1.62. The molecule has 2 rings (SSSR count). The minimum atomic E-state index is -0.174. The first-order chi connectivity index (χ1) is 8.31. The molecule has 17 heavy (non-hydrogen) atoms. The van der Waals surface area contributed by atoms with Crippen LogP contribution >= 0.6 is 0 Å². The van der Waals surface area contributed by atoms with Crippen molar-refractivity contribution in [3.8, 4) is 11.8 Å². The monoisotopic (exact) mass is 234 g/mol. The van der Waals surface area contributed by atoms with Gasteiger partial charge in [-0.3, -0.25) is 0 Å². The average molecular weight is 234 g/mol. The summed E-state index contributed by atoms with van der Waals surface area (Å²) in [5, 5.41) is 8.89. The van der Waals surface area contributed by atoms with Crippen LogP contribution in [0.25, 0.3) is 0 Å². The van der Waals surface area contributed by atoms with Crippen molar-refractivity contribution in [2.45, 2.75) is 19.1 Å². The molecule has 90 valence electrons. The largest absolute Gasteiger partial charge is 0.485 e. The second-order valence-corrected chi connectivity index (χ2v) is 3.77. The molecule has 5 heteroatoms. The molecule has 1 aromatic heterocycles. The maximum absolute atomic E-state index is 8.89. The van der Waals surface area contributed by atoms with Crippen LogP contribution in [0.4, 0.5) is 0 Å². The molecule has 1 fully saturated rings. The molecule has 0 bridgehead atoms. The standard InChI is InChI=1S/C12H14N2O3/c1-9(12-8-15-5-6-16-12)17-11-3-2-4-14-10(11)7-13/h2-4,9,12H,5-6,8H2,1H3/t9-,12?/m1/s1. The zero-order valence-electron chi connectivity index (χ0n) is 9.63. The maximum Gasteiger partial charge on any atom is 0.182 e. The fourth-order valence-electron chi connectivity index (χ4n) is 1.62. The molecule has 1 aromatic rings. The van der Waals surface area contributed by atoms with Crippen molar-refractivity contribution in [1.82, 2.24) is 4.98 Å². The van der Waals surface area contributed by atoms with Crippen LogP contribution in [-0.2, 0) is 9.47 Å². The van der Waals surface area contributed by atoms with E-state index >= 15 is 0 Å². The molecule has 0 aromatic carbocycles. The number of hydrogen-bond acceptors (Lipinski definition) is 5. The Bertz CT molecular complexity index is 410. The molecule has 0 spiro atoms. The Hall–Kier alpha value is -1.64. The van der Waals surface area contributed by atoms with E-state index in [0.717, 1.165) is 0 Å². The first-order valence-electron chi connectivity index (χ1n) is 5.52. The molecular formula is C12H14N2O3. The predicted molar refractivity (Wildman–Crippen MR) is 59.6 cm³/mol. The van der Waals surface area contributed by atoms with Crippen molar-refractivity contribution in [2.75, 3.05) is 19.8 Å². The quantitative estimate of drug-likeness (QED) is 0.784. The van der Waals surface area contributed by atoms with Gasteiger partial charge in [-0.1, -0.05) is 0 Å². The SMILES string of the molecule is C[C@@H](Oc1cccnc1C#N)C1COCCO1. The van der Waals surface area contributed by atoms with Crippen LogP contribution in [0.3, 0.4) is 0 Å². The Kier molecular flexibility index (Phi) is 3.91. The number of aromatic nitrogens is 1. The molecule has 0 amide bonds. The lowest BCUT2D eigenvalue weighted by Crippen LogP contribution is -2.40. The highest BCUT2D eigenvalue weighted by Crippen LogP contribution is 2.18. The molecule has 1 saturated heterocycles.